The van der Waals surface area contributed by atoms with Gasteiger partial charge in [0.15, 0.2) is 11.5 Å². The van der Waals surface area contributed by atoms with Crippen LogP contribution in [0.15, 0.2) is 86.6 Å². The monoisotopic (exact) mass is 791 g/mol. The Labute approximate surface area is 328 Å². The van der Waals surface area contributed by atoms with Gasteiger partial charge in [-0.1, -0.05) is 115 Å². The second-order valence-corrected chi connectivity index (χ2v) is 15.0. The van der Waals surface area contributed by atoms with Gasteiger partial charge in [0.25, 0.3) is 10.1 Å². The van der Waals surface area contributed by atoms with Crippen molar-refractivity contribution in [1.29, 1.82) is 0 Å². The zero-order chi connectivity index (χ0) is 40.3. The van der Waals surface area contributed by atoms with Crippen molar-refractivity contribution in [1.82, 2.24) is 9.78 Å². The van der Waals surface area contributed by atoms with Crippen molar-refractivity contribution < 1.29 is 37.1 Å². The van der Waals surface area contributed by atoms with Crippen LogP contribution in [-0.2, 0) is 19.6 Å². The number of phenolic OH excluding ortho intramolecular Hbond substituents is 1. The number of anilines is 1. The zero-order valence-electron chi connectivity index (χ0n) is 32.2. The number of esters is 1. The maximum atomic E-state index is 13.8. The summed E-state index contributed by atoms with van der Waals surface area (Å²) in [6.45, 7) is 2.24. The van der Waals surface area contributed by atoms with Gasteiger partial charge in [0.05, 0.1) is 18.4 Å². The highest BCUT2D eigenvalue weighted by Crippen LogP contribution is 2.33. The summed E-state index contributed by atoms with van der Waals surface area (Å²) in [5.74, 6) is -1.46. The molecule has 0 fully saturated rings. The number of aromatic amines is 1. The molecule has 14 nitrogen and oxygen atoms in total. The first-order chi connectivity index (χ1) is 27.0. The number of nitrogens with one attached hydrogen (secondary N) is 2. The Morgan fingerprint density at radius 2 is 1.41 bits per heavy atom. The van der Waals surface area contributed by atoms with Gasteiger partial charge in [0.1, 0.15) is 27.8 Å². The van der Waals surface area contributed by atoms with E-state index in [0.29, 0.717) is 12.2 Å². The lowest BCUT2D eigenvalue weighted by Crippen LogP contribution is -2.15. The number of phenols is 1. The number of ether oxygens (including phenoxy) is 2. The van der Waals surface area contributed by atoms with E-state index in [4.69, 9.17) is 9.47 Å². The van der Waals surface area contributed by atoms with Crippen LogP contribution >= 0.6 is 0 Å². The number of carbonyl (C=O) groups is 2. The van der Waals surface area contributed by atoms with Crippen LogP contribution in [0.3, 0.4) is 0 Å². The molecule has 0 bridgehead atoms. The third kappa shape index (κ3) is 13.5. The molecule has 0 radical (unpaired) electrons. The number of aromatic hydroxyl groups is 1. The smallest absolute Gasteiger partial charge is 0.337 e. The lowest BCUT2D eigenvalue weighted by atomic mass is 10.0. The largest absolute Gasteiger partial charge is 0.506 e. The number of rotatable bonds is 24. The second-order valence-electron chi connectivity index (χ2n) is 13.6. The zero-order valence-corrected chi connectivity index (χ0v) is 33.0. The number of amides is 1. The topological polar surface area (TPSA) is 202 Å². The average Bonchev–Trinajstić information content (AvgIpc) is 3.49. The molecule has 0 unspecified atom stereocenters. The molecule has 3 aromatic carbocycles. The molecule has 15 heteroatoms. The maximum absolute atomic E-state index is 13.8. The molecule has 1 amide bonds. The molecule has 1 aromatic heterocycles. The number of carbonyl (C=O) groups excluding carboxylic acids is 2. The fraction of sp³-hybridized carbons (Fsp3) is 0.439. The van der Waals surface area contributed by atoms with Gasteiger partial charge >= 0.3 is 11.5 Å². The number of aromatic nitrogens is 2. The van der Waals surface area contributed by atoms with Gasteiger partial charge in [0, 0.05) is 6.42 Å². The first-order valence-electron chi connectivity index (χ1n) is 19.3. The van der Waals surface area contributed by atoms with E-state index < -0.39 is 32.4 Å². The summed E-state index contributed by atoms with van der Waals surface area (Å²) in [5, 5.41) is 23.8. The van der Waals surface area contributed by atoms with E-state index in [1.807, 2.05) is 0 Å². The maximum Gasteiger partial charge on any atom is 0.337 e. The standard InChI is InChI=1S/C41H53N5O9S/c1-3-4-5-6-7-8-9-10-11-12-13-14-15-16-20-23-37(48)42-39-38(44-43-33-28-30(41(50)54-2)24-26-34(33)47)40(49)46(45-39)31-25-27-35(36(29-31)56(51,52)53)55-32-21-18-17-19-22-32/h17-19,21-22,24-29,45,47H,3-16,20,23H2,1-2H3,(H,42,48)(H,51,52,53). The van der Waals surface area contributed by atoms with E-state index in [0.717, 1.165) is 30.0 Å². The lowest BCUT2D eigenvalue weighted by molar-refractivity contribution is -0.116. The van der Waals surface area contributed by atoms with Gasteiger partial charge in [0.2, 0.25) is 5.91 Å². The predicted octanol–water partition coefficient (Wildman–Crippen LogP) is 10.3. The lowest BCUT2D eigenvalue weighted by Gasteiger charge is -2.11. The summed E-state index contributed by atoms with van der Waals surface area (Å²) < 4.78 is 46.3. The molecular formula is C41H53N5O9S. The molecule has 4 aromatic rings. The van der Waals surface area contributed by atoms with Crippen molar-refractivity contribution in [3.8, 4) is 22.9 Å². The second kappa shape index (κ2) is 22.3. The van der Waals surface area contributed by atoms with Crippen molar-refractivity contribution in [2.24, 2.45) is 10.2 Å². The van der Waals surface area contributed by atoms with Crippen molar-refractivity contribution in [3.63, 3.8) is 0 Å². The molecule has 0 saturated heterocycles. The molecule has 0 aliphatic carbocycles. The summed E-state index contributed by atoms with van der Waals surface area (Å²) in [5.41, 5.74) is -1.36. The summed E-state index contributed by atoms with van der Waals surface area (Å²) in [6, 6.07) is 15.7. The number of unbranched alkanes of at least 4 members (excludes halogenated alkanes) is 14. The third-order valence-corrected chi connectivity index (χ3v) is 10.1. The van der Waals surface area contributed by atoms with Gasteiger partial charge < -0.3 is 19.9 Å². The number of benzene rings is 3. The molecule has 1 heterocycles. The van der Waals surface area contributed by atoms with Gasteiger partial charge in [-0.15, -0.1) is 10.2 Å². The summed E-state index contributed by atoms with van der Waals surface area (Å²) >= 11 is 0. The number of methoxy groups -OCH3 is 1. The van der Waals surface area contributed by atoms with E-state index in [9.17, 15) is 32.5 Å². The summed E-state index contributed by atoms with van der Waals surface area (Å²) in [6.07, 6.45) is 18.0. The molecule has 4 N–H and O–H groups in total. The minimum atomic E-state index is -4.84. The Morgan fingerprint density at radius 3 is 2.00 bits per heavy atom. The Hall–Kier alpha value is -5.28. The molecule has 302 valence electrons. The van der Waals surface area contributed by atoms with Crippen LogP contribution in [0.5, 0.6) is 17.2 Å². The van der Waals surface area contributed by atoms with E-state index in [1.54, 1.807) is 30.3 Å². The van der Waals surface area contributed by atoms with Crippen LogP contribution in [0.25, 0.3) is 5.69 Å². The third-order valence-electron chi connectivity index (χ3n) is 9.23. The van der Waals surface area contributed by atoms with Crippen LogP contribution in [0.2, 0.25) is 0 Å². The van der Waals surface area contributed by atoms with Gasteiger partial charge in [-0.25, -0.2) is 9.48 Å². The van der Waals surface area contributed by atoms with Gasteiger partial charge in [-0.05, 0) is 55.0 Å². The van der Waals surface area contributed by atoms with Crippen molar-refractivity contribution in [2.75, 3.05) is 12.4 Å². The quantitative estimate of drug-likeness (QED) is 0.0230. The van der Waals surface area contributed by atoms with Crippen molar-refractivity contribution >= 4 is 39.2 Å². The summed E-state index contributed by atoms with van der Waals surface area (Å²) in [4.78, 5) is 38.3. The molecule has 4 rings (SSSR count). The number of H-pyrrole nitrogens is 1. The van der Waals surface area contributed by atoms with Crippen LogP contribution in [-0.4, -0.2) is 46.8 Å². The van der Waals surface area contributed by atoms with Gasteiger partial charge in [-0.2, -0.15) is 8.42 Å². The minimum absolute atomic E-state index is 0.0436. The Bertz CT molecular complexity index is 2080. The number of para-hydroxylation sites is 1. The normalized spacial score (nSPS) is 11.6. The molecule has 0 atom stereocenters. The molecular weight excluding hydrogens is 739 g/mol. The van der Waals surface area contributed by atoms with E-state index >= 15 is 0 Å². The molecule has 0 aliphatic heterocycles. The number of azo groups is 1. The molecule has 0 aliphatic rings. The van der Waals surface area contributed by atoms with Crippen LogP contribution < -0.4 is 15.6 Å². The molecule has 0 spiro atoms. The SMILES string of the molecule is CCCCCCCCCCCCCCCCCC(=O)Nc1[nH]n(-c2ccc(Oc3ccccc3)c(S(=O)(=O)O)c2)c(=O)c1N=Nc1cc(C(=O)OC)ccc1O. The highest BCUT2D eigenvalue weighted by molar-refractivity contribution is 7.86. The van der Waals surface area contributed by atoms with Crippen LogP contribution in [0.4, 0.5) is 17.2 Å². The minimum Gasteiger partial charge on any atom is -0.506 e. The van der Waals surface area contributed by atoms with E-state index in [1.165, 1.54) is 108 Å². The van der Waals surface area contributed by atoms with Gasteiger partial charge in [-0.3, -0.25) is 19.2 Å². The highest BCUT2D eigenvalue weighted by Gasteiger charge is 2.23. The fourth-order valence-electron chi connectivity index (χ4n) is 6.14. The van der Waals surface area contributed by atoms with E-state index in [-0.39, 0.29) is 46.4 Å². The highest BCUT2D eigenvalue weighted by atomic mass is 32.2. The predicted molar refractivity (Wildman–Crippen MR) is 215 cm³/mol. The van der Waals surface area contributed by atoms with E-state index in [2.05, 4.69) is 27.6 Å². The Kier molecular flexibility index (Phi) is 17.3. The van der Waals surface area contributed by atoms with Crippen LogP contribution in [0, 0.1) is 0 Å². The first kappa shape index (κ1) is 43.4. The Balaban J connectivity index is 1.45. The fourth-order valence-corrected chi connectivity index (χ4v) is 6.77. The average molecular weight is 792 g/mol. The summed E-state index contributed by atoms with van der Waals surface area (Å²) in [7, 11) is -3.65. The number of hydrogen-bond acceptors (Lipinski definition) is 10. The Morgan fingerprint density at radius 1 is 0.804 bits per heavy atom. The molecule has 0 saturated carbocycles. The number of hydrogen-bond donors (Lipinski definition) is 4. The first-order valence-corrected chi connectivity index (χ1v) is 20.8. The number of nitrogens with zero attached hydrogens (tertiary/aromatic N) is 3. The molecule has 56 heavy (non-hydrogen) atoms. The van der Waals surface area contributed by atoms with Crippen molar-refractivity contribution in [2.45, 2.75) is 115 Å². The van der Waals surface area contributed by atoms with Crippen molar-refractivity contribution in [3.05, 3.63) is 82.6 Å². The van der Waals surface area contributed by atoms with Crippen LogP contribution in [0.1, 0.15) is 120 Å².